The van der Waals surface area contributed by atoms with Crippen molar-refractivity contribution in [2.75, 3.05) is 20.6 Å². The van der Waals surface area contributed by atoms with E-state index in [1.54, 1.807) is 0 Å². The van der Waals surface area contributed by atoms with Gasteiger partial charge in [0.1, 0.15) is 5.52 Å². The summed E-state index contributed by atoms with van der Waals surface area (Å²) in [4.78, 5) is 6.89. The summed E-state index contributed by atoms with van der Waals surface area (Å²) in [6, 6.07) is 16.9. The predicted octanol–water partition coefficient (Wildman–Crippen LogP) is 4.86. The Balaban J connectivity index is 0.000000537. The van der Waals surface area contributed by atoms with Crippen molar-refractivity contribution < 1.29 is 4.42 Å². The maximum absolute atomic E-state index is 8.89. The molecule has 3 rings (SSSR count). The number of rotatable bonds is 6. The molecule has 0 saturated carbocycles. The van der Waals surface area contributed by atoms with Gasteiger partial charge in [-0.1, -0.05) is 32.0 Å². The molecule has 3 aromatic rings. The van der Waals surface area contributed by atoms with Crippen LogP contribution in [0.25, 0.3) is 22.2 Å². The molecule has 5 nitrogen and oxygen atoms in total. The van der Waals surface area contributed by atoms with Crippen molar-refractivity contribution in [3.05, 3.63) is 53.9 Å². The molecule has 0 bridgehead atoms. The monoisotopic (exact) mass is 392 g/mol. The van der Waals surface area contributed by atoms with Gasteiger partial charge in [0, 0.05) is 25.0 Å². The molecule has 0 atom stereocenters. The lowest BCUT2D eigenvalue weighted by atomic mass is 10.0. The molecule has 0 aliphatic rings. The van der Waals surface area contributed by atoms with E-state index in [1.807, 2.05) is 49.5 Å². The number of oxazole rings is 1. The fourth-order valence-electron chi connectivity index (χ4n) is 2.53. The zero-order valence-electron chi connectivity index (χ0n) is 18.4. The number of hydrogen-bond acceptors (Lipinski definition) is 5. The van der Waals surface area contributed by atoms with Crippen LogP contribution in [-0.4, -0.2) is 42.6 Å². The summed E-state index contributed by atoms with van der Waals surface area (Å²) >= 11 is 0. The summed E-state index contributed by atoms with van der Waals surface area (Å²) in [5, 5.41) is 11.9. The maximum Gasteiger partial charge on any atom is 0.196 e. The molecule has 1 aromatic heterocycles. The van der Waals surface area contributed by atoms with Gasteiger partial charge in [-0.15, -0.1) is 0 Å². The average molecular weight is 393 g/mol. The highest BCUT2D eigenvalue weighted by molar-refractivity contribution is 5.80. The Morgan fingerprint density at radius 1 is 1.07 bits per heavy atom. The van der Waals surface area contributed by atoms with Gasteiger partial charge < -0.3 is 14.6 Å². The van der Waals surface area contributed by atoms with Crippen LogP contribution in [0, 0.1) is 11.3 Å². The van der Waals surface area contributed by atoms with Crippen LogP contribution in [0.1, 0.15) is 39.1 Å². The normalized spacial score (nSPS) is 11.0. The van der Waals surface area contributed by atoms with Gasteiger partial charge in [-0.2, -0.15) is 5.26 Å². The molecule has 1 heterocycles. The zero-order chi connectivity index (χ0) is 21.4. The summed E-state index contributed by atoms with van der Waals surface area (Å²) in [6.45, 7) is 9.50. The molecular weight excluding hydrogens is 360 g/mol. The van der Waals surface area contributed by atoms with Gasteiger partial charge in [0.25, 0.3) is 0 Å². The highest BCUT2D eigenvalue weighted by atomic mass is 16.3. The summed E-state index contributed by atoms with van der Waals surface area (Å²) in [6.07, 6.45) is 0.801. The highest BCUT2D eigenvalue weighted by Gasteiger charge is 2.10. The third-order valence-corrected chi connectivity index (χ3v) is 4.92. The first-order chi connectivity index (χ1) is 13.8. The van der Waals surface area contributed by atoms with Crippen molar-refractivity contribution >= 4 is 11.1 Å². The molecule has 0 saturated heterocycles. The van der Waals surface area contributed by atoms with E-state index in [-0.39, 0.29) is 0 Å². The predicted molar refractivity (Wildman–Crippen MR) is 120 cm³/mol. The van der Waals surface area contributed by atoms with Crippen molar-refractivity contribution in [1.29, 1.82) is 5.26 Å². The van der Waals surface area contributed by atoms with Crippen molar-refractivity contribution in [3.63, 3.8) is 0 Å². The van der Waals surface area contributed by atoms with Crippen molar-refractivity contribution in [2.45, 2.75) is 46.2 Å². The third kappa shape index (κ3) is 6.70. The molecule has 0 aliphatic carbocycles. The molecule has 0 radical (unpaired) electrons. The molecule has 2 aromatic carbocycles. The van der Waals surface area contributed by atoms with Gasteiger partial charge in [0.2, 0.25) is 0 Å². The standard InChI is InChI=1S/C20H21N3O.C4H11N/c1-14(2)23(3)11-10-20-22-18-12-17(8-9-19(18)24-20)16-6-4-15(13-21)5-7-16;1-4(2)5-3/h4-9,12,14H,10-11H2,1-3H3;4-5H,1-3H3. The highest BCUT2D eigenvalue weighted by Crippen LogP contribution is 2.25. The van der Waals surface area contributed by atoms with E-state index in [1.165, 1.54) is 0 Å². The van der Waals surface area contributed by atoms with Crippen LogP contribution in [0.15, 0.2) is 46.9 Å². The molecule has 5 heteroatoms. The second kappa shape index (κ2) is 10.8. The Morgan fingerprint density at radius 2 is 1.69 bits per heavy atom. The number of benzene rings is 2. The van der Waals surface area contributed by atoms with Crippen LogP contribution in [0.5, 0.6) is 0 Å². The van der Waals surface area contributed by atoms with E-state index >= 15 is 0 Å². The number of fused-ring (bicyclic) bond motifs is 1. The van der Waals surface area contributed by atoms with Gasteiger partial charge in [-0.25, -0.2) is 4.98 Å². The van der Waals surface area contributed by atoms with E-state index in [2.05, 4.69) is 56.0 Å². The topological polar surface area (TPSA) is 65.1 Å². The maximum atomic E-state index is 8.89. The minimum Gasteiger partial charge on any atom is -0.441 e. The number of likely N-dealkylation sites (N-methyl/N-ethyl adjacent to an activating group) is 1. The molecule has 1 N–H and O–H groups in total. The first kappa shape index (κ1) is 22.6. The zero-order valence-corrected chi connectivity index (χ0v) is 18.4. The summed E-state index contributed by atoms with van der Waals surface area (Å²) in [5.74, 6) is 0.773. The van der Waals surface area contributed by atoms with E-state index in [0.717, 1.165) is 41.1 Å². The Kier molecular flexibility index (Phi) is 8.38. The quantitative estimate of drug-likeness (QED) is 0.649. The molecule has 29 heavy (non-hydrogen) atoms. The van der Waals surface area contributed by atoms with E-state index in [4.69, 9.17) is 9.68 Å². The minimum absolute atomic E-state index is 0.511. The molecule has 0 amide bonds. The van der Waals surface area contributed by atoms with Crippen LogP contribution < -0.4 is 5.32 Å². The second-order valence-electron chi connectivity index (χ2n) is 7.75. The van der Waals surface area contributed by atoms with E-state index < -0.39 is 0 Å². The Labute approximate surface area is 174 Å². The lowest BCUT2D eigenvalue weighted by Gasteiger charge is -2.19. The van der Waals surface area contributed by atoms with Crippen LogP contribution in [0.4, 0.5) is 0 Å². The minimum atomic E-state index is 0.511. The van der Waals surface area contributed by atoms with Crippen molar-refractivity contribution in [1.82, 2.24) is 15.2 Å². The van der Waals surface area contributed by atoms with Gasteiger partial charge >= 0.3 is 0 Å². The molecule has 0 fully saturated rings. The van der Waals surface area contributed by atoms with E-state index in [0.29, 0.717) is 17.6 Å². The lowest BCUT2D eigenvalue weighted by molar-refractivity contribution is 0.270. The second-order valence-corrected chi connectivity index (χ2v) is 7.75. The lowest BCUT2D eigenvalue weighted by Crippen LogP contribution is -2.28. The van der Waals surface area contributed by atoms with Crippen LogP contribution in [-0.2, 0) is 6.42 Å². The number of nitriles is 1. The number of aromatic nitrogens is 1. The van der Waals surface area contributed by atoms with E-state index in [9.17, 15) is 0 Å². The van der Waals surface area contributed by atoms with Crippen LogP contribution in [0.3, 0.4) is 0 Å². The fourth-order valence-corrected chi connectivity index (χ4v) is 2.53. The summed E-state index contributed by atoms with van der Waals surface area (Å²) < 4.78 is 5.84. The number of nitrogens with one attached hydrogen (secondary N) is 1. The molecule has 0 aliphatic heterocycles. The van der Waals surface area contributed by atoms with Gasteiger partial charge in [0.05, 0.1) is 11.6 Å². The van der Waals surface area contributed by atoms with Crippen LogP contribution >= 0.6 is 0 Å². The summed E-state index contributed by atoms with van der Waals surface area (Å²) in [5.41, 5.74) is 4.50. The summed E-state index contributed by atoms with van der Waals surface area (Å²) in [7, 11) is 4.06. The van der Waals surface area contributed by atoms with Gasteiger partial charge in [-0.05, 0) is 63.3 Å². The van der Waals surface area contributed by atoms with Gasteiger partial charge in [-0.3, -0.25) is 0 Å². The SMILES string of the molecule is CC(C)N(C)CCc1nc2cc(-c3ccc(C#N)cc3)ccc2o1.CNC(C)C. The Bertz CT molecular complexity index is 936. The van der Waals surface area contributed by atoms with Crippen LogP contribution in [0.2, 0.25) is 0 Å². The van der Waals surface area contributed by atoms with Crippen molar-refractivity contribution in [3.8, 4) is 17.2 Å². The first-order valence-corrected chi connectivity index (χ1v) is 10.1. The first-order valence-electron chi connectivity index (χ1n) is 10.1. The third-order valence-electron chi connectivity index (χ3n) is 4.92. The largest absolute Gasteiger partial charge is 0.441 e. The molecular formula is C24H32N4O. The van der Waals surface area contributed by atoms with Gasteiger partial charge in [0.15, 0.2) is 11.5 Å². The van der Waals surface area contributed by atoms with Crippen molar-refractivity contribution in [2.24, 2.45) is 0 Å². The smallest absolute Gasteiger partial charge is 0.196 e. The number of nitrogens with zero attached hydrogens (tertiary/aromatic N) is 3. The number of hydrogen-bond donors (Lipinski definition) is 1. The Hall–Kier alpha value is -2.68. The molecule has 0 unspecified atom stereocenters. The Morgan fingerprint density at radius 3 is 2.24 bits per heavy atom. The molecule has 0 spiro atoms. The average Bonchev–Trinajstić information content (AvgIpc) is 3.14. The molecule has 154 valence electrons. The fraction of sp³-hybridized carbons (Fsp3) is 0.417.